The topological polar surface area (TPSA) is 110 Å². The van der Waals surface area contributed by atoms with E-state index >= 15 is 0 Å². The Labute approximate surface area is 137 Å². The number of nitrogens with two attached hydrogens (primary N) is 1. The highest BCUT2D eigenvalue weighted by Crippen LogP contribution is 2.45. The van der Waals surface area contributed by atoms with E-state index in [1.165, 1.54) is 0 Å². The number of carbonyl (C=O) groups is 1. The molecular formula is C16H24N2O4S. The Kier molecular flexibility index (Phi) is 5.54. The third-order valence-corrected chi connectivity index (χ3v) is 6.47. The first-order valence-corrected chi connectivity index (χ1v) is 9.65. The van der Waals surface area contributed by atoms with Crippen LogP contribution in [0.4, 0.5) is 0 Å². The number of hydrogen-bond acceptors (Lipinski definition) is 6. The van der Waals surface area contributed by atoms with Crippen molar-refractivity contribution in [2.75, 3.05) is 18.1 Å². The van der Waals surface area contributed by atoms with Gasteiger partial charge in [0.2, 0.25) is 0 Å². The molecule has 0 radical (unpaired) electrons. The van der Waals surface area contributed by atoms with Gasteiger partial charge in [0.1, 0.15) is 16.1 Å². The summed E-state index contributed by atoms with van der Waals surface area (Å²) in [6.07, 6.45) is 5.60. The fourth-order valence-corrected chi connectivity index (χ4v) is 4.48. The molecule has 2 rings (SSSR count). The molecule has 1 saturated carbocycles. The standard InChI is InChI=1S/C16H24N2O4S/c17-16(12-19,13-20)8-11-23(21,22)10-7-15(5-3-6-15)14-4-1-2-9-18-14/h1-2,4,9,12,20H,3,5-8,10-11,13,17H2. The van der Waals surface area contributed by atoms with Crippen LogP contribution >= 0.6 is 0 Å². The summed E-state index contributed by atoms with van der Waals surface area (Å²) in [5.74, 6) is -0.148. The van der Waals surface area contributed by atoms with E-state index in [0.717, 1.165) is 25.0 Å². The minimum absolute atomic E-state index is 0.0456. The monoisotopic (exact) mass is 340 g/mol. The van der Waals surface area contributed by atoms with Crippen LogP contribution in [0, 0.1) is 0 Å². The van der Waals surface area contributed by atoms with Crippen molar-refractivity contribution in [3.05, 3.63) is 30.1 Å². The Morgan fingerprint density at radius 3 is 2.57 bits per heavy atom. The summed E-state index contributed by atoms with van der Waals surface area (Å²) in [7, 11) is -3.33. The van der Waals surface area contributed by atoms with Gasteiger partial charge in [-0.1, -0.05) is 12.5 Å². The molecule has 0 spiro atoms. The van der Waals surface area contributed by atoms with Crippen LogP contribution in [0.25, 0.3) is 0 Å². The first-order valence-electron chi connectivity index (χ1n) is 7.83. The number of sulfone groups is 1. The Balaban J connectivity index is 1.97. The van der Waals surface area contributed by atoms with Crippen molar-refractivity contribution in [3.8, 4) is 0 Å². The number of carbonyl (C=O) groups excluding carboxylic acids is 1. The molecule has 0 saturated heterocycles. The Morgan fingerprint density at radius 1 is 1.35 bits per heavy atom. The van der Waals surface area contributed by atoms with Crippen molar-refractivity contribution in [2.45, 2.75) is 43.1 Å². The largest absolute Gasteiger partial charge is 0.394 e. The van der Waals surface area contributed by atoms with E-state index in [9.17, 15) is 13.2 Å². The number of aliphatic hydroxyl groups is 1. The highest BCUT2D eigenvalue weighted by atomic mass is 32.2. The van der Waals surface area contributed by atoms with Crippen molar-refractivity contribution < 1.29 is 18.3 Å². The molecule has 0 aliphatic heterocycles. The summed E-state index contributed by atoms with van der Waals surface area (Å²) in [6, 6.07) is 5.72. The Morgan fingerprint density at radius 2 is 2.09 bits per heavy atom. The summed E-state index contributed by atoms with van der Waals surface area (Å²) in [5.41, 5.74) is 4.96. The van der Waals surface area contributed by atoms with E-state index in [1.54, 1.807) is 6.20 Å². The second-order valence-corrected chi connectivity index (χ2v) is 8.81. The van der Waals surface area contributed by atoms with Gasteiger partial charge in [0.15, 0.2) is 0 Å². The van der Waals surface area contributed by atoms with Crippen LogP contribution in [-0.2, 0) is 20.0 Å². The number of hydrogen-bond donors (Lipinski definition) is 2. The van der Waals surface area contributed by atoms with Gasteiger partial charge in [-0.2, -0.15) is 0 Å². The smallest absolute Gasteiger partial charge is 0.150 e. The molecule has 1 heterocycles. The quantitative estimate of drug-likeness (QED) is 0.637. The summed E-state index contributed by atoms with van der Waals surface area (Å²) < 4.78 is 24.5. The zero-order valence-corrected chi connectivity index (χ0v) is 14.0. The van der Waals surface area contributed by atoms with Gasteiger partial charge < -0.3 is 15.6 Å². The first-order chi connectivity index (χ1) is 10.8. The lowest BCUT2D eigenvalue weighted by atomic mass is 9.65. The van der Waals surface area contributed by atoms with Gasteiger partial charge in [0, 0.05) is 17.3 Å². The molecule has 1 aliphatic rings. The van der Waals surface area contributed by atoms with Gasteiger partial charge in [-0.3, -0.25) is 4.98 Å². The van der Waals surface area contributed by atoms with Crippen molar-refractivity contribution in [1.29, 1.82) is 0 Å². The van der Waals surface area contributed by atoms with E-state index < -0.39 is 22.0 Å². The molecule has 0 aromatic carbocycles. The highest BCUT2D eigenvalue weighted by molar-refractivity contribution is 7.91. The summed E-state index contributed by atoms with van der Waals surface area (Å²) in [6.45, 7) is -0.552. The van der Waals surface area contributed by atoms with Crippen LogP contribution in [0.5, 0.6) is 0 Å². The third kappa shape index (κ3) is 4.37. The zero-order valence-electron chi connectivity index (χ0n) is 13.1. The van der Waals surface area contributed by atoms with E-state index in [2.05, 4.69) is 4.98 Å². The number of aromatic nitrogens is 1. The summed E-state index contributed by atoms with van der Waals surface area (Å²) in [4.78, 5) is 15.2. The van der Waals surface area contributed by atoms with E-state index in [0.29, 0.717) is 12.7 Å². The minimum atomic E-state index is -3.33. The van der Waals surface area contributed by atoms with Gasteiger partial charge in [-0.15, -0.1) is 0 Å². The predicted octanol–water partition coefficient (Wildman–Crippen LogP) is 0.587. The first kappa shape index (κ1) is 18.0. The molecule has 3 N–H and O–H groups in total. The van der Waals surface area contributed by atoms with Crippen molar-refractivity contribution in [3.63, 3.8) is 0 Å². The number of pyridine rings is 1. The lowest BCUT2D eigenvalue weighted by Crippen LogP contribution is -2.47. The van der Waals surface area contributed by atoms with Crippen LogP contribution < -0.4 is 5.73 Å². The molecular weight excluding hydrogens is 316 g/mol. The lowest BCUT2D eigenvalue weighted by molar-refractivity contribution is -0.113. The molecule has 23 heavy (non-hydrogen) atoms. The van der Waals surface area contributed by atoms with Crippen molar-refractivity contribution in [1.82, 2.24) is 4.98 Å². The number of aliphatic hydroxyl groups excluding tert-OH is 1. The molecule has 1 fully saturated rings. The molecule has 1 aromatic heterocycles. The van der Waals surface area contributed by atoms with Gasteiger partial charge in [0.25, 0.3) is 0 Å². The molecule has 0 bridgehead atoms. The number of nitrogens with zero attached hydrogens (tertiary/aromatic N) is 1. The maximum absolute atomic E-state index is 12.3. The fraction of sp³-hybridized carbons (Fsp3) is 0.625. The van der Waals surface area contributed by atoms with Gasteiger partial charge in [-0.05, 0) is 37.8 Å². The SMILES string of the molecule is NC(C=O)(CO)CCS(=O)(=O)CCC1(c2ccccn2)CCC1. The molecule has 1 unspecified atom stereocenters. The zero-order chi connectivity index (χ0) is 17.0. The van der Waals surface area contributed by atoms with E-state index in [1.807, 2.05) is 18.2 Å². The fourth-order valence-electron chi connectivity index (χ4n) is 2.89. The molecule has 0 amide bonds. The maximum atomic E-state index is 12.3. The highest BCUT2D eigenvalue weighted by Gasteiger charge is 2.40. The Hall–Kier alpha value is -1.31. The van der Waals surface area contributed by atoms with Crippen LogP contribution in [0.15, 0.2) is 24.4 Å². The lowest BCUT2D eigenvalue weighted by Gasteiger charge is -2.41. The predicted molar refractivity (Wildman–Crippen MR) is 87.7 cm³/mol. The van der Waals surface area contributed by atoms with Crippen LogP contribution in [0.1, 0.15) is 37.8 Å². The Bertz CT molecular complexity index is 629. The van der Waals surface area contributed by atoms with Gasteiger partial charge in [0.05, 0.1) is 23.7 Å². The van der Waals surface area contributed by atoms with Gasteiger partial charge in [-0.25, -0.2) is 8.42 Å². The molecule has 1 atom stereocenters. The van der Waals surface area contributed by atoms with Crippen molar-refractivity contribution in [2.24, 2.45) is 5.73 Å². The summed E-state index contributed by atoms with van der Waals surface area (Å²) >= 11 is 0. The van der Waals surface area contributed by atoms with Crippen LogP contribution in [0.3, 0.4) is 0 Å². The number of aldehydes is 1. The van der Waals surface area contributed by atoms with E-state index in [-0.39, 0.29) is 23.3 Å². The normalized spacial score (nSPS) is 19.6. The van der Waals surface area contributed by atoms with Crippen LogP contribution in [-0.4, -0.2) is 48.4 Å². The third-order valence-electron chi connectivity index (χ3n) is 4.82. The van der Waals surface area contributed by atoms with E-state index in [4.69, 9.17) is 10.8 Å². The molecule has 1 aliphatic carbocycles. The molecule has 7 heteroatoms. The van der Waals surface area contributed by atoms with Crippen LogP contribution in [0.2, 0.25) is 0 Å². The number of rotatable bonds is 9. The molecule has 1 aromatic rings. The average molecular weight is 340 g/mol. The maximum Gasteiger partial charge on any atom is 0.150 e. The average Bonchev–Trinajstić information content (AvgIpc) is 2.53. The minimum Gasteiger partial charge on any atom is -0.394 e. The second-order valence-electron chi connectivity index (χ2n) is 6.51. The second kappa shape index (κ2) is 7.07. The summed E-state index contributed by atoms with van der Waals surface area (Å²) in [5, 5.41) is 9.08. The van der Waals surface area contributed by atoms with Gasteiger partial charge >= 0.3 is 0 Å². The molecule has 128 valence electrons. The van der Waals surface area contributed by atoms with Crippen molar-refractivity contribution >= 4 is 16.1 Å². The molecule has 6 nitrogen and oxygen atoms in total.